The Morgan fingerprint density at radius 1 is 1.30 bits per heavy atom. The topological polar surface area (TPSA) is 87.0 Å². The van der Waals surface area contributed by atoms with Crippen molar-refractivity contribution in [1.29, 1.82) is 0 Å². The van der Waals surface area contributed by atoms with Gasteiger partial charge in [-0.25, -0.2) is 0 Å². The minimum Gasteiger partial charge on any atom is -0.463 e. The maximum Gasteiger partial charge on any atom is 0.136 e. The lowest BCUT2D eigenvalue weighted by Gasteiger charge is -2.21. The summed E-state index contributed by atoms with van der Waals surface area (Å²) in [4.78, 5) is 4.12. The van der Waals surface area contributed by atoms with Crippen LogP contribution in [-0.2, 0) is 12.1 Å². The van der Waals surface area contributed by atoms with Crippen LogP contribution in [0.1, 0.15) is 24.0 Å². The number of aromatic amines is 1. The molecule has 23 heavy (non-hydrogen) atoms. The number of nitrogens with zero attached hydrogens (tertiary/aromatic N) is 2. The highest BCUT2D eigenvalue weighted by Gasteiger charge is 2.26. The van der Waals surface area contributed by atoms with E-state index in [2.05, 4.69) is 20.5 Å². The van der Waals surface area contributed by atoms with Crippen LogP contribution in [0.4, 0.5) is 0 Å². The molecule has 1 unspecified atom stereocenters. The summed E-state index contributed by atoms with van der Waals surface area (Å²) in [5, 5.41) is 20.9. The van der Waals surface area contributed by atoms with E-state index in [1.807, 2.05) is 25.1 Å². The van der Waals surface area contributed by atoms with Gasteiger partial charge in [-0.05, 0) is 38.1 Å². The van der Waals surface area contributed by atoms with E-state index in [1.54, 1.807) is 31.6 Å². The van der Waals surface area contributed by atoms with E-state index in [9.17, 15) is 5.11 Å². The molecule has 0 aliphatic carbocycles. The summed E-state index contributed by atoms with van der Waals surface area (Å²) in [7, 11) is 0. The Morgan fingerprint density at radius 3 is 2.87 bits per heavy atom. The van der Waals surface area contributed by atoms with Crippen LogP contribution in [0.25, 0.3) is 11.3 Å². The van der Waals surface area contributed by atoms with Crippen molar-refractivity contribution < 1.29 is 9.52 Å². The van der Waals surface area contributed by atoms with Crippen molar-refractivity contribution in [1.82, 2.24) is 20.5 Å². The van der Waals surface area contributed by atoms with Crippen molar-refractivity contribution in [2.75, 3.05) is 6.54 Å². The molecule has 0 saturated heterocycles. The Labute approximate surface area is 134 Å². The molecule has 0 fully saturated rings. The summed E-state index contributed by atoms with van der Waals surface area (Å²) in [6, 6.07) is 7.51. The standard InChI is InChI=1S/C17H20N4O2/c1-12-5-6-15(23-12)17(2,22)11-19-9-14-10-20-21-16(14)13-4-3-7-18-8-13/h3-8,10,19,22H,9,11H2,1-2H3,(H,20,21). The van der Waals surface area contributed by atoms with Gasteiger partial charge in [0, 0.05) is 36.6 Å². The van der Waals surface area contributed by atoms with Gasteiger partial charge < -0.3 is 14.8 Å². The molecular weight excluding hydrogens is 292 g/mol. The first-order chi connectivity index (χ1) is 11.1. The molecule has 1 atom stereocenters. The van der Waals surface area contributed by atoms with Crippen molar-refractivity contribution in [2.45, 2.75) is 26.0 Å². The van der Waals surface area contributed by atoms with Crippen molar-refractivity contribution >= 4 is 0 Å². The van der Waals surface area contributed by atoms with E-state index >= 15 is 0 Å². The van der Waals surface area contributed by atoms with Gasteiger partial charge in [0.25, 0.3) is 0 Å². The molecular formula is C17H20N4O2. The number of furan rings is 1. The minimum atomic E-state index is -1.06. The number of hydrogen-bond donors (Lipinski definition) is 3. The van der Waals surface area contributed by atoms with Crippen LogP contribution in [0.2, 0.25) is 0 Å². The molecule has 6 heteroatoms. The SMILES string of the molecule is Cc1ccc(C(C)(O)CNCc2cn[nH]c2-c2cccnc2)o1. The molecule has 0 radical (unpaired) electrons. The second kappa shape index (κ2) is 6.36. The van der Waals surface area contributed by atoms with Gasteiger partial charge in [-0.15, -0.1) is 0 Å². The average molecular weight is 312 g/mol. The number of rotatable bonds is 6. The predicted octanol–water partition coefficient (Wildman–Crippen LogP) is 2.37. The third-order valence-corrected chi connectivity index (χ3v) is 3.72. The monoisotopic (exact) mass is 312 g/mol. The molecule has 3 aromatic heterocycles. The van der Waals surface area contributed by atoms with E-state index in [-0.39, 0.29) is 0 Å². The Hall–Kier alpha value is -2.44. The third-order valence-electron chi connectivity index (χ3n) is 3.72. The van der Waals surface area contributed by atoms with Crippen LogP contribution in [0.3, 0.4) is 0 Å². The highest BCUT2D eigenvalue weighted by molar-refractivity contribution is 5.61. The molecule has 3 aromatic rings. The van der Waals surface area contributed by atoms with Crippen LogP contribution in [0, 0.1) is 6.92 Å². The summed E-state index contributed by atoms with van der Waals surface area (Å²) < 4.78 is 5.51. The van der Waals surface area contributed by atoms with Crippen molar-refractivity contribution in [3.05, 3.63) is 59.9 Å². The Kier molecular flexibility index (Phi) is 4.27. The molecule has 0 aromatic carbocycles. The second-order valence-electron chi connectivity index (χ2n) is 5.80. The maximum atomic E-state index is 10.5. The second-order valence-corrected chi connectivity index (χ2v) is 5.80. The fourth-order valence-corrected chi connectivity index (χ4v) is 2.46. The number of aromatic nitrogens is 3. The summed E-state index contributed by atoms with van der Waals surface area (Å²) in [5.74, 6) is 1.34. The number of aryl methyl sites for hydroxylation is 1. The molecule has 3 N–H and O–H groups in total. The summed E-state index contributed by atoms with van der Waals surface area (Å²) in [5.41, 5.74) is 1.87. The highest BCUT2D eigenvalue weighted by Crippen LogP contribution is 2.23. The zero-order valence-electron chi connectivity index (χ0n) is 13.2. The molecule has 0 spiro atoms. The number of aliphatic hydroxyl groups is 1. The number of H-pyrrole nitrogens is 1. The molecule has 0 amide bonds. The van der Waals surface area contributed by atoms with Crippen LogP contribution >= 0.6 is 0 Å². The predicted molar refractivity (Wildman–Crippen MR) is 86.5 cm³/mol. The first-order valence-corrected chi connectivity index (χ1v) is 7.49. The van der Waals surface area contributed by atoms with E-state index < -0.39 is 5.60 Å². The first kappa shape index (κ1) is 15.5. The lowest BCUT2D eigenvalue weighted by atomic mass is 10.0. The largest absolute Gasteiger partial charge is 0.463 e. The molecule has 0 aliphatic rings. The van der Waals surface area contributed by atoms with Gasteiger partial charge in [-0.2, -0.15) is 5.10 Å². The number of nitrogens with one attached hydrogen (secondary N) is 2. The quantitative estimate of drug-likeness (QED) is 0.650. The van der Waals surface area contributed by atoms with Crippen LogP contribution in [0.5, 0.6) is 0 Å². The molecule has 6 nitrogen and oxygen atoms in total. The fraction of sp³-hybridized carbons (Fsp3) is 0.294. The van der Waals surface area contributed by atoms with Gasteiger partial charge in [0.2, 0.25) is 0 Å². The van der Waals surface area contributed by atoms with Gasteiger partial charge in [-0.3, -0.25) is 10.1 Å². The fourth-order valence-electron chi connectivity index (χ4n) is 2.46. The summed E-state index contributed by atoms with van der Waals surface area (Å²) in [6.45, 7) is 4.54. The minimum absolute atomic E-state index is 0.373. The molecule has 3 heterocycles. The molecule has 0 saturated carbocycles. The number of hydrogen-bond acceptors (Lipinski definition) is 5. The Morgan fingerprint density at radius 2 is 2.17 bits per heavy atom. The van der Waals surface area contributed by atoms with E-state index in [4.69, 9.17) is 4.42 Å². The van der Waals surface area contributed by atoms with E-state index in [1.165, 1.54) is 0 Å². The normalized spacial score (nSPS) is 13.9. The summed E-state index contributed by atoms with van der Waals surface area (Å²) in [6.07, 6.45) is 5.31. The molecule has 3 rings (SSSR count). The van der Waals surface area contributed by atoms with Crippen molar-refractivity contribution in [3.63, 3.8) is 0 Å². The van der Waals surface area contributed by atoms with Gasteiger partial charge in [0.1, 0.15) is 17.1 Å². The zero-order valence-corrected chi connectivity index (χ0v) is 13.2. The van der Waals surface area contributed by atoms with Crippen molar-refractivity contribution in [3.8, 4) is 11.3 Å². The number of pyridine rings is 1. The smallest absolute Gasteiger partial charge is 0.136 e. The van der Waals surface area contributed by atoms with Crippen LogP contribution in [0.15, 0.2) is 47.3 Å². The zero-order chi connectivity index (χ0) is 16.3. The van der Waals surface area contributed by atoms with Crippen LogP contribution < -0.4 is 5.32 Å². The molecule has 0 bridgehead atoms. The van der Waals surface area contributed by atoms with E-state index in [0.29, 0.717) is 18.8 Å². The van der Waals surface area contributed by atoms with Gasteiger partial charge >= 0.3 is 0 Å². The Bertz CT molecular complexity index is 762. The molecule has 0 aliphatic heterocycles. The van der Waals surface area contributed by atoms with Gasteiger partial charge in [-0.1, -0.05) is 0 Å². The van der Waals surface area contributed by atoms with Gasteiger partial charge in [0.15, 0.2) is 0 Å². The van der Waals surface area contributed by atoms with Crippen LogP contribution in [-0.4, -0.2) is 26.8 Å². The van der Waals surface area contributed by atoms with Gasteiger partial charge in [0.05, 0.1) is 11.9 Å². The third kappa shape index (κ3) is 3.49. The van der Waals surface area contributed by atoms with E-state index in [0.717, 1.165) is 22.6 Å². The lowest BCUT2D eigenvalue weighted by Crippen LogP contribution is -2.34. The molecule has 120 valence electrons. The average Bonchev–Trinajstić information content (AvgIpc) is 3.17. The maximum absolute atomic E-state index is 10.5. The van der Waals surface area contributed by atoms with Crippen molar-refractivity contribution in [2.24, 2.45) is 0 Å². The lowest BCUT2D eigenvalue weighted by molar-refractivity contribution is 0.0333. The summed E-state index contributed by atoms with van der Waals surface area (Å²) >= 11 is 0. The first-order valence-electron chi connectivity index (χ1n) is 7.49. The highest BCUT2D eigenvalue weighted by atomic mass is 16.4. The Balaban J connectivity index is 1.65.